The Balaban J connectivity index is 1.43. The molecule has 2 fully saturated rings. The molecule has 1 aromatic rings. The summed E-state index contributed by atoms with van der Waals surface area (Å²) in [5.41, 5.74) is 2.88. The summed E-state index contributed by atoms with van der Waals surface area (Å²) in [4.78, 5) is 12.2. The van der Waals surface area contributed by atoms with Gasteiger partial charge in [-0.15, -0.1) is 0 Å². The molecule has 4 rings (SSSR count). The molecule has 4 heteroatoms. The lowest BCUT2D eigenvalue weighted by molar-refractivity contribution is 0.184. The van der Waals surface area contributed by atoms with Crippen molar-refractivity contribution in [2.24, 2.45) is 11.8 Å². The number of nitrogens with zero attached hydrogens (tertiary/aromatic N) is 1. The van der Waals surface area contributed by atoms with Crippen LogP contribution in [0.3, 0.4) is 0 Å². The van der Waals surface area contributed by atoms with Crippen LogP contribution in [0.1, 0.15) is 36.9 Å². The van der Waals surface area contributed by atoms with Gasteiger partial charge in [-0.2, -0.15) is 0 Å². The van der Waals surface area contributed by atoms with Crippen LogP contribution in [0.2, 0.25) is 0 Å². The number of nitrogens with one attached hydrogen (secondary N) is 1. The monoisotopic (exact) mass is 302 g/mol. The Hall–Kier alpha value is -1.13. The van der Waals surface area contributed by atoms with Crippen molar-refractivity contribution >= 4 is 0 Å². The largest absolute Gasteiger partial charge is 0.381 e. The third-order valence-corrected chi connectivity index (χ3v) is 5.44. The van der Waals surface area contributed by atoms with Gasteiger partial charge in [0, 0.05) is 37.5 Å². The quantitative estimate of drug-likeness (QED) is 0.901. The topological polar surface area (TPSA) is 43.3 Å². The van der Waals surface area contributed by atoms with Gasteiger partial charge in [0.25, 0.3) is 5.56 Å². The van der Waals surface area contributed by atoms with E-state index in [-0.39, 0.29) is 5.56 Å². The average Bonchev–Trinajstić information content (AvgIpc) is 3.20. The van der Waals surface area contributed by atoms with E-state index in [0.29, 0.717) is 12.0 Å². The van der Waals surface area contributed by atoms with Crippen LogP contribution >= 0.6 is 0 Å². The van der Waals surface area contributed by atoms with Gasteiger partial charge in [-0.1, -0.05) is 6.07 Å². The maximum atomic E-state index is 12.2. The number of fused-ring (bicyclic) bond motifs is 1. The van der Waals surface area contributed by atoms with Crippen LogP contribution < -0.4 is 10.9 Å². The standard InChI is InChI=1S/C18H26N2O2/c21-18-6-3-15-9-16(19-10-14-7-8-22-12-14)4-5-17(15)20(18)11-13-1-2-13/h3,6,13-14,16,19H,1-2,4-5,7-12H2/t14-,16-/m1/s1. The summed E-state index contributed by atoms with van der Waals surface area (Å²) in [5.74, 6) is 1.44. The number of hydrogen-bond donors (Lipinski definition) is 1. The van der Waals surface area contributed by atoms with Crippen LogP contribution in [0.5, 0.6) is 0 Å². The summed E-state index contributed by atoms with van der Waals surface area (Å²) >= 11 is 0. The number of hydrogen-bond acceptors (Lipinski definition) is 3. The Morgan fingerprint density at radius 2 is 2.09 bits per heavy atom. The average molecular weight is 302 g/mol. The van der Waals surface area contributed by atoms with Gasteiger partial charge in [-0.25, -0.2) is 0 Å². The number of aromatic nitrogens is 1. The molecule has 0 spiro atoms. The third kappa shape index (κ3) is 3.13. The maximum absolute atomic E-state index is 12.2. The normalized spacial score (nSPS) is 27.8. The minimum absolute atomic E-state index is 0.195. The van der Waals surface area contributed by atoms with E-state index in [9.17, 15) is 4.79 Å². The lowest BCUT2D eigenvalue weighted by Gasteiger charge is -2.28. The molecule has 1 aromatic heterocycles. The molecule has 0 radical (unpaired) electrons. The first kappa shape index (κ1) is 14.5. The Labute approximate surface area is 131 Å². The van der Waals surface area contributed by atoms with Gasteiger partial charge in [0.05, 0.1) is 6.61 Å². The zero-order chi connectivity index (χ0) is 14.9. The molecule has 4 nitrogen and oxygen atoms in total. The second-order valence-electron chi connectivity index (χ2n) is 7.28. The lowest BCUT2D eigenvalue weighted by atomic mass is 9.91. The Morgan fingerprint density at radius 1 is 1.18 bits per heavy atom. The number of pyridine rings is 1. The van der Waals surface area contributed by atoms with Crippen LogP contribution in [0.15, 0.2) is 16.9 Å². The van der Waals surface area contributed by atoms with Gasteiger partial charge in [-0.05, 0) is 55.9 Å². The fourth-order valence-corrected chi connectivity index (χ4v) is 3.83. The molecule has 1 N–H and O–H groups in total. The van der Waals surface area contributed by atoms with Crippen LogP contribution in [0, 0.1) is 11.8 Å². The second kappa shape index (κ2) is 6.17. The first-order valence-corrected chi connectivity index (χ1v) is 8.82. The molecular formula is C18H26N2O2. The van der Waals surface area contributed by atoms with Crippen molar-refractivity contribution in [3.63, 3.8) is 0 Å². The van der Waals surface area contributed by atoms with Crippen molar-refractivity contribution < 1.29 is 4.74 Å². The summed E-state index contributed by atoms with van der Waals surface area (Å²) in [6.45, 7) is 3.85. The zero-order valence-corrected chi connectivity index (χ0v) is 13.2. The van der Waals surface area contributed by atoms with Gasteiger partial charge in [0.1, 0.15) is 0 Å². The minimum atomic E-state index is 0.195. The highest BCUT2D eigenvalue weighted by atomic mass is 16.5. The molecule has 0 bridgehead atoms. The minimum Gasteiger partial charge on any atom is -0.381 e. The lowest BCUT2D eigenvalue weighted by Crippen LogP contribution is -2.39. The highest BCUT2D eigenvalue weighted by molar-refractivity contribution is 5.25. The van der Waals surface area contributed by atoms with Crippen molar-refractivity contribution in [2.75, 3.05) is 19.8 Å². The summed E-state index contributed by atoms with van der Waals surface area (Å²) < 4.78 is 7.51. The molecule has 2 atom stereocenters. The van der Waals surface area contributed by atoms with E-state index in [1.807, 2.05) is 0 Å². The van der Waals surface area contributed by atoms with Crippen molar-refractivity contribution in [1.29, 1.82) is 0 Å². The molecule has 0 unspecified atom stereocenters. The molecule has 1 saturated carbocycles. The molecule has 2 aliphatic carbocycles. The fraction of sp³-hybridized carbons (Fsp3) is 0.722. The first-order valence-electron chi connectivity index (χ1n) is 8.82. The Kier molecular flexibility index (Phi) is 4.05. The van der Waals surface area contributed by atoms with Crippen molar-refractivity contribution in [1.82, 2.24) is 9.88 Å². The fourth-order valence-electron chi connectivity index (χ4n) is 3.83. The van der Waals surface area contributed by atoms with E-state index in [0.717, 1.165) is 51.5 Å². The molecule has 0 amide bonds. The molecule has 2 heterocycles. The summed E-state index contributed by atoms with van der Waals surface area (Å²) in [5, 5.41) is 3.72. The third-order valence-electron chi connectivity index (χ3n) is 5.44. The van der Waals surface area contributed by atoms with E-state index >= 15 is 0 Å². The van der Waals surface area contributed by atoms with Gasteiger partial charge < -0.3 is 14.6 Å². The molecule has 120 valence electrons. The Morgan fingerprint density at radius 3 is 2.86 bits per heavy atom. The van der Waals surface area contributed by atoms with E-state index in [1.165, 1.54) is 30.5 Å². The van der Waals surface area contributed by atoms with Gasteiger partial charge in [-0.3, -0.25) is 4.79 Å². The second-order valence-corrected chi connectivity index (χ2v) is 7.28. The summed E-state index contributed by atoms with van der Waals surface area (Å²) in [6, 6.07) is 4.39. The summed E-state index contributed by atoms with van der Waals surface area (Å²) in [7, 11) is 0. The predicted molar refractivity (Wildman–Crippen MR) is 86.2 cm³/mol. The highest BCUT2D eigenvalue weighted by Crippen LogP contribution is 2.31. The molecule has 1 aliphatic heterocycles. The van der Waals surface area contributed by atoms with E-state index < -0.39 is 0 Å². The molecule has 22 heavy (non-hydrogen) atoms. The van der Waals surface area contributed by atoms with Crippen LogP contribution in [0.25, 0.3) is 0 Å². The highest BCUT2D eigenvalue weighted by Gasteiger charge is 2.27. The van der Waals surface area contributed by atoms with E-state index in [2.05, 4.69) is 16.0 Å². The van der Waals surface area contributed by atoms with Gasteiger partial charge in [0.2, 0.25) is 0 Å². The zero-order valence-electron chi connectivity index (χ0n) is 13.2. The SMILES string of the molecule is O=c1ccc2c(n1CC1CC1)CC[C@@H](NC[C@H]1CCOC1)C2. The molecule has 1 saturated heterocycles. The number of ether oxygens (including phenoxy) is 1. The molecule has 3 aliphatic rings. The Bertz CT molecular complexity index is 585. The van der Waals surface area contributed by atoms with Crippen LogP contribution in [-0.4, -0.2) is 30.4 Å². The van der Waals surface area contributed by atoms with Gasteiger partial charge >= 0.3 is 0 Å². The molecular weight excluding hydrogens is 276 g/mol. The van der Waals surface area contributed by atoms with Crippen LogP contribution in [-0.2, 0) is 24.1 Å². The molecule has 0 aromatic carbocycles. The van der Waals surface area contributed by atoms with Crippen molar-refractivity contribution in [3.8, 4) is 0 Å². The van der Waals surface area contributed by atoms with Crippen LogP contribution in [0.4, 0.5) is 0 Å². The predicted octanol–water partition coefficient (Wildman–Crippen LogP) is 1.74. The van der Waals surface area contributed by atoms with Crippen molar-refractivity contribution in [3.05, 3.63) is 33.7 Å². The smallest absolute Gasteiger partial charge is 0.250 e. The first-order chi connectivity index (χ1) is 10.8. The van der Waals surface area contributed by atoms with E-state index in [4.69, 9.17) is 4.74 Å². The summed E-state index contributed by atoms with van der Waals surface area (Å²) in [6.07, 6.45) is 7.03. The van der Waals surface area contributed by atoms with Gasteiger partial charge in [0.15, 0.2) is 0 Å². The number of rotatable bonds is 5. The maximum Gasteiger partial charge on any atom is 0.250 e. The van der Waals surface area contributed by atoms with E-state index in [1.54, 1.807) is 6.07 Å². The van der Waals surface area contributed by atoms with Crippen molar-refractivity contribution in [2.45, 2.75) is 51.1 Å².